The van der Waals surface area contributed by atoms with Crippen LogP contribution < -0.4 is 4.90 Å². The first-order valence-electron chi connectivity index (χ1n) is 17.9. The van der Waals surface area contributed by atoms with E-state index in [4.69, 9.17) is 4.99 Å². The highest BCUT2D eigenvalue weighted by atomic mass is 15.2. The van der Waals surface area contributed by atoms with Gasteiger partial charge in [0, 0.05) is 11.3 Å². The molecule has 2 nitrogen and oxygen atoms in total. The molecule has 1 heterocycles. The molecule has 0 bridgehead atoms. The van der Waals surface area contributed by atoms with Gasteiger partial charge in [-0.25, -0.2) is 0 Å². The second kappa shape index (κ2) is 11.9. The van der Waals surface area contributed by atoms with E-state index in [2.05, 4.69) is 163 Å². The molecule has 1 aliphatic heterocycles. The molecule has 2 heteroatoms. The molecule has 7 aromatic carbocycles. The average molecular weight is 641 g/mol. The van der Waals surface area contributed by atoms with Crippen molar-refractivity contribution >= 4 is 55.5 Å². The minimum Gasteiger partial charge on any atom is -0.298 e. The summed E-state index contributed by atoms with van der Waals surface area (Å²) < 4.78 is 0. The van der Waals surface area contributed by atoms with Crippen molar-refractivity contribution in [3.05, 3.63) is 185 Å². The Morgan fingerprint density at radius 3 is 2.16 bits per heavy atom. The van der Waals surface area contributed by atoms with Crippen molar-refractivity contribution in [2.24, 2.45) is 4.99 Å². The fraction of sp³-hybridized carbons (Fsp3) is 0.104. The van der Waals surface area contributed by atoms with Gasteiger partial charge in [-0.15, -0.1) is 0 Å². The van der Waals surface area contributed by atoms with Gasteiger partial charge in [0.15, 0.2) is 0 Å². The van der Waals surface area contributed by atoms with E-state index in [1.807, 2.05) is 0 Å². The maximum atomic E-state index is 5.32. The summed E-state index contributed by atoms with van der Waals surface area (Å²) in [6.07, 6.45) is 13.3. The molecule has 238 valence electrons. The van der Waals surface area contributed by atoms with E-state index in [0.29, 0.717) is 6.54 Å². The van der Waals surface area contributed by atoms with Crippen LogP contribution in [-0.4, -0.2) is 5.84 Å². The number of anilines is 1. The predicted octanol–water partition coefficient (Wildman–Crippen LogP) is 12.3. The van der Waals surface area contributed by atoms with Gasteiger partial charge < -0.3 is 0 Å². The SMILES string of the molecule is C1=CCCC(N2C(c3ccc4c(-c5ccc6ccccc6c5)c5ccccc5c(C5=Cc6ccccc6CC5)c4c3)=NCc3ccccc32)=C1. The van der Waals surface area contributed by atoms with E-state index in [-0.39, 0.29) is 0 Å². The van der Waals surface area contributed by atoms with Crippen molar-refractivity contribution in [1.82, 2.24) is 0 Å². The maximum Gasteiger partial charge on any atom is 0.140 e. The largest absolute Gasteiger partial charge is 0.298 e. The molecule has 0 saturated heterocycles. The van der Waals surface area contributed by atoms with E-state index < -0.39 is 0 Å². The van der Waals surface area contributed by atoms with Crippen LogP contribution >= 0.6 is 0 Å². The third-order valence-corrected chi connectivity index (χ3v) is 10.8. The van der Waals surface area contributed by atoms with Crippen LogP contribution in [0.1, 0.15) is 47.1 Å². The Balaban J connectivity index is 1.26. The number of para-hydroxylation sites is 1. The first-order valence-corrected chi connectivity index (χ1v) is 17.9. The first kappa shape index (κ1) is 29.0. The molecule has 0 radical (unpaired) electrons. The molecule has 0 atom stereocenters. The molecule has 0 saturated carbocycles. The van der Waals surface area contributed by atoms with Gasteiger partial charge in [-0.05, 0) is 121 Å². The Kier molecular flexibility index (Phi) is 6.87. The number of rotatable bonds is 4. The van der Waals surface area contributed by atoms with Crippen LogP contribution in [0.2, 0.25) is 0 Å². The lowest BCUT2D eigenvalue weighted by atomic mass is 9.81. The van der Waals surface area contributed by atoms with Gasteiger partial charge in [0.05, 0.1) is 12.2 Å². The topological polar surface area (TPSA) is 15.6 Å². The standard InChI is InChI=1S/C48H36N2/c1-2-17-40(18-3-1)50-45-21-11-8-16-39(45)31-49-48(50)38-26-27-43-44(30-38)47(37-25-23-33-13-5-7-15-35(33)29-37)42-20-10-9-19-41(42)46(43)36-24-22-32-12-4-6-14-34(32)28-36/h1-2,4-17,19-22,24,26-30H,3,18,23,25,31H2. The summed E-state index contributed by atoms with van der Waals surface area (Å²) in [5, 5.41) is 7.68. The van der Waals surface area contributed by atoms with Crippen LogP contribution in [0.5, 0.6) is 0 Å². The van der Waals surface area contributed by atoms with Crippen LogP contribution in [0, 0.1) is 0 Å². The lowest BCUT2D eigenvalue weighted by Gasteiger charge is -2.34. The number of hydrogen-bond donors (Lipinski definition) is 0. The summed E-state index contributed by atoms with van der Waals surface area (Å²) in [4.78, 5) is 7.74. The third kappa shape index (κ3) is 4.75. The number of aryl methyl sites for hydroxylation is 1. The Hall–Kier alpha value is -5.99. The summed E-state index contributed by atoms with van der Waals surface area (Å²) in [5.41, 5.74) is 13.0. The van der Waals surface area contributed by atoms with Crippen molar-refractivity contribution in [3.8, 4) is 11.1 Å². The van der Waals surface area contributed by atoms with E-state index in [1.165, 1.54) is 82.7 Å². The van der Waals surface area contributed by atoms with E-state index >= 15 is 0 Å². The van der Waals surface area contributed by atoms with Crippen molar-refractivity contribution in [1.29, 1.82) is 0 Å². The minimum atomic E-state index is 0.679. The zero-order valence-electron chi connectivity index (χ0n) is 27.9. The second-order valence-electron chi connectivity index (χ2n) is 13.7. The van der Waals surface area contributed by atoms with Crippen molar-refractivity contribution in [2.75, 3.05) is 4.90 Å². The maximum absolute atomic E-state index is 5.32. The lowest BCUT2D eigenvalue weighted by molar-refractivity contribution is 0.901. The molecule has 0 amide bonds. The van der Waals surface area contributed by atoms with E-state index in [0.717, 1.165) is 37.1 Å². The van der Waals surface area contributed by atoms with Crippen LogP contribution in [0.25, 0.3) is 55.1 Å². The summed E-state index contributed by atoms with van der Waals surface area (Å²) in [6.45, 7) is 0.679. The molecule has 0 spiro atoms. The molecule has 50 heavy (non-hydrogen) atoms. The van der Waals surface area contributed by atoms with Crippen LogP contribution in [0.15, 0.2) is 162 Å². The Morgan fingerprint density at radius 2 is 1.28 bits per heavy atom. The Morgan fingerprint density at radius 1 is 0.540 bits per heavy atom. The summed E-state index contributed by atoms with van der Waals surface area (Å²) >= 11 is 0. The molecule has 3 aliphatic rings. The van der Waals surface area contributed by atoms with Gasteiger partial charge in [0.2, 0.25) is 0 Å². The van der Waals surface area contributed by atoms with Gasteiger partial charge >= 0.3 is 0 Å². The Labute approximate surface area is 293 Å². The number of allylic oxidation sites excluding steroid dienone is 5. The molecular weight excluding hydrogens is 605 g/mol. The predicted molar refractivity (Wildman–Crippen MR) is 213 cm³/mol. The van der Waals surface area contributed by atoms with Gasteiger partial charge in [-0.1, -0.05) is 133 Å². The molecule has 7 aromatic rings. The van der Waals surface area contributed by atoms with Crippen LogP contribution in [0.4, 0.5) is 5.69 Å². The van der Waals surface area contributed by atoms with E-state index in [1.54, 1.807) is 0 Å². The van der Waals surface area contributed by atoms with Gasteiger partial charge in [0.1, 0.15) is 5.84 Å². The molecule has 10 rings (SSSR count). The smallest absolute Gasteiger partial charge is 0.140 e. The first-order chi connectivity index (χ1) is 24.8. The molecular formula is C48H36N2. The number of hydrogen-bond acceptors (Lipinski definition) is 2. The highest BCUT2D eigenvalue weighted by Crippen LogP contribution is 2.45. The Bertz CT molecular complexity index is 2630. The third-order valence-electron chi connectivity index (χ3n) is 10.8. The van der Waals surface area contributed by atoms with Crippen molar-refractivity contribution < 1.29 is 0 Å². The molecule has 0 fully saturated rings. The number of benzene rings is 7. The monoisotopic (exact) mass is 640 g/mol. The van der Waals surface area contributed by atoms with E-state index in [9.17, 15) is 0 Å². The lowest BCUT2D eigenvalue weighted by Crippen LogP contribution is -2.34. The van der Waals surface area contributed by atoms with Crippen LogP contribution in [-0.2, 0) is 13.0 Å². The van der Waals surface area contributed by atoms with Gasteiger partial charge in [-0.3, -0.25) is 9.89 Å². The fourth-order valence-corrected chi connectivity index (χ4v) is 8.44. The number of nitrogens with zero attached hydrogens (tertiary/aromatic N) is 2. The highest BCUT2D eigenvalue weighted by Gasteiger charge is 2.27. The molecule has 0 N–H and O–H groups in total. The van der Waals surface area contributed by atoms with Crippen molar-refractivity contribution in [3.63, 3.8) is 0 Å². The molecule has 0 unspecified atom stereocenters. The highest BCUT2D eigenvalue weighted by molar-refractivity contribution is 6.22. The number of amidine groups is 1. The van der Waals surface area contributed by atoms with Crippen LogP contribution in [0.3, 0.4) is 0 Å². The zero-order valence-corrected chi connectivity index (χ0v) is 27.9. The van der Waals surface area contributed by atoms with Crippen molar-refractivity contribution in [2.45, 2.75) is 32.2 Å². The summed E-state index contributed by atoms with van der Waals surface area (Å²) in [5.74, 6) is 1.03. The minimum absolute atomic E-state index is 0.679. The number of aliphatic imine (C=N–C) groups is 1. The zero-order chi connectivity index (χ0) is 33.0. The van der Waals surface area contributed by atoms with Gasteiger partial charge in [0.25, 0.3) is 0 Å². The number of fused-ring (bicyclic) bond motifs is 5. The normalized spacial score (nSPS) is 15.4. The average Bonchev–Trinajstić information content (AvgIpc) is 3.19. The summed E-state index contributed by atoms with van der Waals surface area (Å²) in [7, 11) is 0. The van der Waals surface area contributed by atoms with Gasteiger partial charge in [-0.2, -0.15) is 0 Å². The fourth-order valence-electron chi connectivity index (χ4n) is 8.44. The quantitative estimate of drug-likeness (QED) is 0.175. The summed E-state index contributed by atoms with van der Waals surface area (Å²) in [6, 6.07) is 49.5. The second-order valence-corrected chi connectivity index (χ2v) is 13.7. The molecule has 2 aliphatic carbocycles. The molecule has 0 aromatic heterocycles.